The van der Waals surface area contributed by atoms with E-state index in [-0.39, 0.29) is 5.75 Å². The lowest BCUT2D eigenvalue weighted by atomic mass is 10.2. The van der Waals surface area contributed by atoms with Crippen molar-refractivity contribution in [3.63, 3.8) is 0 Å². The lowest BCUT2D eigenvalue weighted by Gasteiger charge is -2.16. The van der Waals surface area contributed by atoms with Crippen molar-refractivity contribution in [1.82, 2.24) is 4.90 Å². The van der Waals surface area contributed by atoms with E-state index in [1.165, 1.54) is 4.90 Å². The Labute approximate surface area is 124 Å². The fourth-order valence-corrected chi connectivity index (χ4v) is 3.36. The van der Waals surface area contributed by atoms with E-state index in [1.54, 1.807) is 31.3 Å². The van der Waals surface area contributed by atoms with Crippen molar-refractivity contribution in [3.05, 3.63) is 34.9 Å². The molecule has 0 radical (unpaired) electrons. The summed E-state index contributed by atoms with van der Waals surface area (Å²) in [5.74, 6) is -1.17. The highest BCUT2D eigenvalue weighted by molar-refractivity contribution is 7.91. The molecule has 0 fully saturated rings. The summed E-state index contributed by atoms with van der Waals surface area (Å²) in [5.41, 5.74) is 5.86. The second kappa shape index (κ2) is 7.61. The van der Waals surface area contributed by atoms with Crippen molar-refractivity contribution in [1.29, 1.82) is 0 Å². The summed E-state index contributed by atoms with van der Waals surface area (Å²) in [6, 6.07) is 6.71. The number of nitrogens with zero attached hydrogens (tertiary/aromatic N) is 1. The van der Waals surface area contributed by atoms with Crippen molar-refractivity contribution in [2.45, 2.75) is 12.2 Å². The van der Waals surface area contributed by atoms with Gasteiger partial charge in [0.25, 0.3) is 0 Å². The van der Waals surface area contributed by atoms with Gasteiger partial charge >= 0.3 is 0 Å². The molecule has 1 amide bonds. The van der Waals surface area contributed by atoms with E-state index < -0.39 is 21.5 Å². The van der Waals surface area contributed by atoms with Gasteiger partial charge in [-0.3, -0.25) is 4.79 Å². The number of benzene rings is 1. The van der Waals surface area contributed by atoms with Crippen LogP contribution < -0.4 is 5.73 Å². The number of halogens is 1. The van der Waals surface area contributed by atoms with E-state index in [4.69, 9.17) is 17.3 Å². The summed E-state index contributed by atoms with van der Waals surface area (Å²) in [5, 5.41) is 0.389. The van der Waals surface area contributed by atoms with Gasteiger partial charge in [0, 0.05) is 18.6 Å². The molecule has 0 spiro atoms. The fraction of sp³-hybridized carbons (Fsp3) is 0.462. The molecular weight excluding hydrogens is 300 g/mol. The number of hydrogen-bond donors (Lipinski definition) is 1. The maximum Gasteiger partial charge on any atom is 0.237 e. The molecule has 2 N–H and O–H groups in total. The summed E-state index contributed by atoms with van der Waals surface area (Å²) in [4.78, 5) is 13.2. The van der Waals surface area contributed by atoms with Crippen LogP contribution in [-0.2, 0) is 20.4 Å². The zero-order valence-electron chi connectivity index (χ0n) is 11.4. The summed E-state index contributed by atoms with van der Waals surface area (Å²) < 4.78 is 24.0. The third kappa shape index (κ3) is 5.48. The summed E-state index contributed by atoms with van der Waals surface area (Å²) >= 11 is 5.92. The Balaban J connectivity index is 2.66. The number of rotatable bonds is 7. The largest absolute Gasteiger partial charge is 0.345 e. The molecule has 0 aromatic heterocycles. The molecule has 7 heteroatoms. The molecule has 0 unspecified atom stereocenters. The average molecular weight is 319 g/mol. The normalized spacial score (nSPS) is 11.3. The molecule has 0 aliphatic carbocycles. The first kappa shape index (κ1) is 16.9. The van der Waals surface area contributed by atoms with Gasteiger partial charge in [0.2, 0.25) is 5.91 Å². The van der Waals surface area contributed by atoms with Crippen LogP contribution in [0.5, 0.6) is 0 Å². The molecule has 5 nitrogen and oxygen atoms in total. The lowest BCUT2D eigenvalue weighted by Crippen LogP contribution is -2.34. The predicted octanol–water partition coefficient (Wildman–Crippen LogP) is 1.06. The number of carbonyl (C=O) groups is 1. The molecule has 0 heterocycles. The van der Waals surface area contributed by atoms with E-state index in [9.17, 15) is 13.2 Å². The molecule has 0 aliphatic rings. The zero-order chi connectivity index (χ0) is 15.2. The molecule has 1 rings (SSSR count). The first-order valence-electron chi connectivity index (χ1n) is 6.23. The standard InChI is InChI=1S/C13H19ClN2O3S/c1-16(8-4-7-15)13(17)10-20(18,19)9-11-5-2-3-6-12(11)14/h2-3,5-6H,4,7-10,15H2,1H3. The van der Waals surface area contributed by atoms with Gasteiger partial charge in [-0.15, -0.1) is 0 Å². The molecule has 20 heavy (non-hydrogen) atoms. The summed E-state index contributed by atoms with van der Waals surface area (Å²) in [7, 11) is -1.96. The Morgan fingerprint density at radius 3 is 2.60 bits per heavy atom. The smallest absolute Gasteiger partial charge is 0.237 e. The van der Waals surface area contributed by atoms with E-state index >= 15 is 0 Å². The van der Waals surface area contributed by atoms with Crippen LogP contribution in [0, 0.1) is 0 Å². The molecule has 0 atom stereocenters. The molecule has 1 aromatic rings. The number of nitrogens with two attached hydrogens (primary N) is 1. The summed E-state index contributed by atoms with van der Waals surface area (Å²) in [6.07, 6.45) is 0.646. The van der Waals surface area contributed by atoms with Crippen molar-refractivity contribution >= 4 is 27.3 Å². The monoisotopic (exact) mass is 318 g/mol. The number of amides is 1. The maximum absolute atomic E-state index is 12.0. The molecule has 112 valence electrons. The van der Waals surface area contributed by atoms with E-state index in [1.807, 2.05) is 0 Å². The third-order valence-electron chi connectivity index (χ3n) is 2.80. The van der Waals surface area contributed by atoms with Crippen LogP contribution in [0.4, 0.5) is 0 Å². The zero-order valence-corrected chi connectivity index (χ0v) is 13.0. The molecule has 0 bridgehead atoms. The average Bonchev–Trinajstić information content (AvgIpc) is 2.37. The minimum atomic E-state index is -3.53. The molecule has 0 saturated heterocycles. The predicted molar refractivity (Wildman–Crippen MR) is 80.3 cm³/mol. The Hall–Kier alpha value is -1.11. The van der Waals surface area contributed by atoms with Crippen molar-refractivity contribution in [2.24, 2.45) is 5.73 Å². The first-order valence-corrected chi connectivity index (χ1v) is 8.43. The Morgan fingerprint density at radius 2 is 2.00 bits per heavy atom. The fourth-order valence-electron chi connectivity index (χ4n) is 1.65. The van der Waals surface area contributed by atoms with E-state index in [0.29, 0.717) is 30.1 Å². The quantitative estimate of drug-likeness (QED) is 0.815. The van der Waals surface area contributed by atoms with Crippen LogP contribution in [0.15, 0.2) is 24.3 Å². The van der Waals surface area contributed by atoms with Crippen LogP contribution >= 0.6 is 11.6 Å². The van der Waals surface area contributed by atoms with Crippen molar-refractivity contribution < 1.29 is 13.2 Å². The van der Waals surface area contributed by atoms with E-state index in [2.05, 4.69) is 0 Å². The minimum absolute atomic E-state index is 0.233. The highest BCUT2D eigenvalue weighted by atomic mass is 35.5. The SMILES string of the molecule is CN(CCCN)C(=O)CS(=O)(=O)Cc1ccccc1Cl. The molecular formula is C13H19ClN2O3S. The Kier molecular flexibility index (Phi) is 6.45. The molecule has 0 aliphatic heterocycles. The Bertz CT molecular complexity index is 560. The van der Waals surface area contributed by atoms with Gasteiger partial charge in [-0.25, -0.2) is 8.42 Å². The topological polar surface area (TPSA) is 80.5 Å². The van der Waals surface area contributed by atoms with Crippen LogP contribution in [0.1, 0.15) is 12.0 Å². The summed E-state index contributed by atoms with van der Waals surface area (Å²) in [6.45, 7) is 0.918. The van der Waals surface area contributed by atoms with Crippen molar-refractivity contribution in [2.75, 3.05) is 25.9 Å². The Morgan fingerprint density at radius 1 is 1.35 bits per heavy atom. The van der Waals surface area contributed by atoms with Crippen LogP contribution in [-0.4, -0.2) is 45.1 Å². The van der Waals surface area contributed by atoms with Gasteiger partial charge in [0.15, 0.2) is 9.84 Å². The number of sulfone groups is 1. The number of carbonyl (C=O) groups excluding carboxylic acids is 1. The van der Waals surface area contributed by atoms with Crippen LogP contribution in [0.2, 0.25) is 5.02 Å². The van der Waals surface area contributed by atoms with Crippen LogP contribution in [0.25, 0.3) is 0 Å². The van der Waals surface area contributed by atoms with Gasteiger partial charge in [0.1, 0.15) is 5.75 Å². The van der Waals surface area contributed by atoms with Gasteiger partial charge in [-0.05, 0) is 24.6 Å². The highest BCUT2D eigenvalue weighted by Crippen LogP contribution is 2.18. The van der Waals surface area contributed by atoms with Gasteiger partial charge in [0.05, 0.1) is 5.75 Å². The lowest BCUT2D eigenvalue weighted by molar-refractivity contribution is -0.127. The first-order chi connectivity index (χ1) is 9.35. The third-order valence-corrected chi connectivity index (χ3v) is 4.61. The minimum Gasteiger partial charge on any atom is -0.345 e. The van der Waals surface area contributed by atoms with Gasteiger partial charge < -0.3 is 10.6 Å². The molecule has 1 aromatic carbocycles. The second-order valence-electron chi connectivity index (χ2n) is 4.58. The van der Waals surface area contributed by atoms with Crippen molar-refractivity contribution in [3.8, 4) is 0 Å². The maximum atomic E-state index is 12.0. The number of hydrogen-bond acceptors (Lipinski definition) is 4. The second-order valence-corrected chi connectivity index (χ2v) is 7.05. The van der Waals surface area contributed by atoms with Gasteiger partial charge in [-0.2, -0.15) is 0 Å². The highest BCUT2D eigenvalue weighted by Gasteiger charge is 2.20. The van der Waals surface area contributed by atoms with Gasteiger partial charge in [-0.1, -0.05) is 29.8 Å². The van der Waals surface area contributed by atoms with E-state index in [0.717, 1.165) is 0 Å². The molecule has 0 saturated carbocycles. The van der Waals surface area contributed by atoms with Crippen LogP contribution in [0.3, 0.4) is 0 Å².